The van der Waals surface area contributed by atoms with Crippen molar-refractivity contribution < 1.29 is 23.5 Å². The van der Waals surface area contributed by atoms with Crippen molar-refractivity contribution in [2.24, 2.45) is 0 Å². The van der Waals surface area contributed by atoms with E-state index in [-0.39, 0.29) is 25.1 Å². The SMILES string of the molecule is O=C(NCc1ccc(Cl)cc1)c1nc(COc2ccc3c(c2)OCO3)no1. The lowest BCUT2D eigenvalue weighted by Crippen LogP contribution is -2.23. The molecule has 27 heavy (non-hydrogen) atoms. The summed E-state index contributed by atoms with van der Waals surface area (Å²) in [7, 11) is 0. The van der Waals surface area contributed by atoms with E-state index in [1.165, 1.54) is 0 Å². The number of halogens is 1. The fourth-order valence-electron chi connectivity index (χ4n) is 2.38. The minimum atomic E-state index is -0.466. The molecule has 2 aromatic carbocycles. The summed E-state index contributed by atoms with van der Waals surface area (Å²) >= 11 is 5.83. The molecule has 0 unspecified atom stereocenters. The largest absolute Gasteiger partial charge is 0.485 e. The number of nitrogens with zero attached hydrogens (tertiary/aromatic N) is 2. The van der Waals surface area contributed by atoms with Gasteiger partial charge < -0.3 is 24.1 Å². The molecule has 0 bridgehead atoms. The van der Waals surface area contributed by atoms with E-state index in [4.69, 9.17) is 30.3 Å². The molecule has 9 heteroatoms. The number of ether oxygens (including phenoxy) is 3. The minimum absolute atomic E-state index is 0.0492. The lowest BCUT2D eigenvalue weighted by Gasteiger charge is -2.04. The predicted octanol–water partition coefficient (Wildman–Crippen LogP) is 2.96. The van der Waals surface area contributed by atoms with Crippen molar-refractivity contribution in [3.05, 3.63) is 64.8 Å². The number of fused-ring (bicyclic) bond motifs is 1. The van der Waals surface area contributed by atoms with Gasteiger partial charge in [0, 0.05) is 17.6 Å². The van der Waals surface area contributed by atoms with E-state index >= 15 is 0 Å². The van der Waals surface area contributed by atoms with E-state index < -0.39 is 5.91 Å². The Kier molecular flexibility index (Phi) is 4.80. The van der Waals surface area contributed by atoms with E-state index in [1.54, 1.807) is 30.3 Å². The molecule has 1 N–H and O–H groups in total. The van der Waals surface area contributed by atoms with Gasteiger partial charge in [0.15, 0.2) is 18.1 Å². The van der Waals surface area contributed by atoms with Gasteiger partial charge in [-0.25, -0.2) is 0 Å². The molecule has 0 atom stereocenters. The highest BCUT2D eigenvalue weighted by Crippen LogP contribution is 2.35. The van der Waals surface area contributed by atoms with Crippen LogP contribution in [0.1, 0.15) is 22.1 Å². The summed E-state index contributed by atoms with van der Waals surface area (Å²) in [5, 5.41) is 7.08. The summed E-state index contributed by atoms with van der Waals surface area (Å²) < 4.78 is 21.1. The van der Waals surface area contributed by atoms with Gasteiger partial charge in [0.2, 0.25) is 12.6 Å². The molecule has 2 heterocycles. The zero-order chi connectivity index (χ0) is 18.6. The summed E-state index contributed by atoms with van der Waals surface area (Å²) in [6.07, 6.45) is 0. The van der Waals surface area contributed by atoms with Gasteiger partial charge in [0.05, 0.1) is 0 Å². The second kappa shape index (κ2) is 7.55. The second-order valence-electron chi connectivity index (χ2n) is 5.63. The number of hydrogen-bond acceptors (Lipinski definition) is 7. The number of nitrogens with one attached hydrogen (secondary N) is 1. The van der Waals surface area contributed by atoms with Gasteiger partial charge in [-0.1, -0.05) is 28.9 Å². The summed E-state index contributed by atoms with van der Waals surface area (Å²) in [5.41, 5.74) is 0.902. The zero-order valence-electron chi connectivity index (χ0n) is 14.0. The second-order valence-corrected chi connectivity index (χ2v) is 6.07. The number of amides is 1. The van der Waals surface area contributed by atoms with E-state index in [2.05, 4.69) is 15.5 Å². The highest BCUT2D eigenvalue weighted by molar-refractivity contribution is 6.30. The Morgan fingerprint density at radius 3 is 2.81 bits per heavy atom. The van der Waals surface area contributed by atoms with E-state index in [0.29, 0.717) is 28.8 Å². The number of rotatable bonds is 6. The van der Waals surface area contributed by atoms with Crippen LogP contribution in [0.25, 0.3) is 0 Å². The van der Waals surface area contributed by atoms with Crippen LogP contribution in [0.4, 0.5) is 0 Å². The van der Waals surface area contributed by atoms with Crippen LogP contribution < -0.4 is 19.5 Å². The monoisotopic (exact) mass is 387 g/mol. The molecule has 0 radical (unpaired) electrons. The topological polar surface area (TPSA) is 95.7 Å². The lowest BCUT2D eigenvalue weighted by atomic mass is 10.2. The molecule has 0 spiro atoms. The number of aromatic nitrogens is 2. The Morgan fingerprint density at radius 1 is 1.15 bits per heavy atom. The first-order valence-electron chi connectivity index (χ1n) is 8.05. The Bertz CT molecular complexity index is 958. The van der Waals surface area contributed by atoms with Crippen LogP contribution >= 0.6 is 11.6 Å². The first-order chi connectivity index (χ1) is 13.2. The van der Waals surface area contributed by atoms with Gasteiger partial charge in [-0.15, -0.1) is 0 Å². The summed E-state index contributed by atoms with van der Waals surface area (Å²) in [4.78, 5) is 16.1. The van der Waals surface area contributed by atoms with Crippen LogP contribution in [-0.4, -0.2) is 22.8 Å². The van der Waals surface area contributed by atoms with Crippen LogP contribution in [0.3, 0.4) is 0 Å². The molecule has 1 amide bonds. The molecule has 1 aliphatic heterocycles. The van der Waals surface area contributed by atoms with Crippen LogP contribution in [-0.2, 0) is 13.2 Å². The Hall–Kier alpha value is -3.26. The van der Waals surface area contributed by atoms with Gasteiger partial charge in [0.25, 0.3) is 0 Å². The normalized spacial score (nSPS) is 12.0. The highest BCUT2D eigenvalue weighted by atomic mass is 35.5. The third-order valence-electron chi connectivity index (χ3n) is 3.74. The van der Waals surface area contributed by atoms with E-state index in [9.17, 15) is 4.79 Å². The number of carbonyl (C=O) groups is 1. The molecular weight excluding hydrogens is 374 g/mol. The third-order valence-corrected chi connectivity index (χ3v) is 3.99. The van der Waals surface area contributed by atoms with Crippen molar-refractivity contribution in [1.29, 1.82) is 0 Å². The standard InChI is InChI=1S/C18H14ClN3O5/c19-12-3-1-11(2-4-12)8-20-17(23)18-21-16(22-27-18)9-24-13-5-6-14-15(7-13)26-10-25-14/h1-7H,8-10H2,(H,20,23). The first-order valence-corrected chi connectivity index (χ1v) is 8.43. The molecule has 1 aromatic heterocycles. The molecule has 0 saturated carbocycles. The van der Waals surface area contributed by atoms with E-state index in [0.717, 1.165) is 5.56 Å². The number of hydrogen-bond donors (Lipinski definition) is 1. The fourth-order valence-corrected chi connectivity index (χ4v) is 2.51. The molecule has 8 nitrogen and oxygen atoms in total. The molecule has 4 rings (SSSR count). The molecule has 0 saturated heterocycles. The van der Waals surface area contributed by atoms with Gasteiger partial charge in [-0.3, -0.25) is 4.79 Å². The van der Waals surface area contributed by atoms with Crippen molar-refractivity contribution in [2.45, 2.75) is 13.2 Å². The zero-order valence-corrected chi connectivity index (χ0v) is 14.7. The maximum atomic E-state index is 12.1. The average Bonchev–Trinajstić information content (AvgIpc) is 3.34. The Balaban J connectivity index is 1.31. The maximum absolute atomic E-state index is 12.1. The molecule has 3 aromatic rings. The molecule has 138 valence electrons. The quantitative estimate of drug-likeness (QED) is 0.694. The first kappa shape index (κ1) is 17.2. The van der Waals surface area contributed by atoms with Crippen LogP contribution in [0.2, 0.25) is 5.02 Å². The fraction of sp³-hybridized carbons (Fsp3) is 0.167. The van der Waals surface area contributed by atoms with Crippen LogP contribution in [0, 0.1) is 0 Å². The lowest BCUT2D eigenvalue weighted by molar-refractivity contribution is 0.0907. The predicted molar refractivity (Wildman–Crippen MR) is 93.8 cm³/mol. The number of benzene rings is 2. The van der Waals surface area contributed by atoms with Crippen molar-refractivity contribution in [1.82, 2.24) is 15.5 Å². The van der Waals surface area contributed by atoms with Crippen molar-refractivity contribution in [3.8, 4) is 17.2 Å². The summed E-state index contributed by atoms with van der Waals surface area (Å²) in [6.45, 7) is 0.563. The Morgan fingerprint density at radius 2 is 1.96 bits per heavy atom. The molecule has 0 aliphatic carbocycles. The smallest absolute Gasteiger partial charge is 0.316 e. The van der Waals surface area contributed by atoms with Crippen LogP contribution in [0.15, 0.2) is 47.0 Å². The molecular formula is C18H14ClN3O5. The van der Waals surface area contributed by atoms with Crippen LogP contribution in [0.5, 0.6) is 17.2 Å². The van der Waals surface area contributed by atoms with Crippen molar-refractivity contribution >= 4 is 17.5 Å². The summed E-state index contributed by atoms with van der Waals surface area (Å²) in [6, 6.07) is 12.4. The number of carbonyl (C=O) groups excluding carboxylic acids is 1. The van der Waals surface area contributed by atoms with Gasteiger partial charge in [-0.2, -0.15) is 4.98 Å². The third kappa shape index (κ3) is 4.12. The van der Waals surface area contributed by atoms with Crippen molar-refractivity contribution in [3.63, 3.8) is 0 Å². The average molecular weight is 388 g/mol. The summed E-state index contributed by atoms with van der Waals surface area (Å²) in [5.74, 6) is 1.51. The highest BCUT2D eigenvalue weighted by Gasteiger charge is 2.17. The molecule has 0 fully saturated rings. The van der Waals surface area contributed by atoms with Gasteiger partial charge in [0.1, 0.15) is 5.75 Å². The maximum Gasteiger partial charge on any atom is 0.316 e. The van der Waals surface area contributed by atoms with Gasteiger partial charge >= 0.3 is 11.8 Å². The van der Waals surface area contributed by atoms with Crippen molar-refractivity contribution in [2.75, 3.05) is 6.79 Å². The van der Waals surface area contributed by atoms with E-state index in [1.807, 2.05) is 12.1 Å². The molecule has 1 aliphatic rings. The Labute approximate surface area is 159 Å². The minimum Gasteiger partial charge on any atom is -0.485 e. The van der Waals surface area contributed by atoms with Gasteiger partial charge in [-0.05, 0) is 29.8 Å².